The first-order valence-corrected chi connectivity index (χ1v) is 11.3. The molecular weight excluding hydrogens is 482 g/mol. The predicted molar refractivity (Wildman–Crippen MR) is 134 cm³/mol. The van der Waals surface area contributed by atoms with Crippen LogP contribution >= 0.6 is 0 Å². The summed E-state index contributed by atoms with van der Waals surface area (Å²) in [5.41, 5.74) is 1.69. The van der Waals surface area contributed by atoms with Gasteiger partial charge < -0.3 is 33.3 Å². The minimum Gasteiger partial charge on any atom is -0.493 e. The average molecular weight is 512 g/mol. The van der Waals surface area contributed by atoms with E-state index in [-0.39, 0.29) is 23.5 Å². The smallest absolute Gasteiger partial charge is 0.338 e. The molecule has 0 aromatic heterocycles. The van der Waals surface area contributed by atoms with Crippen LogP contribution in [0, 0.1) is 0 Å². The summed E-state index contributed by atoms with van der Waals surface area (Å²) < 4.78 is 31.7. The molecule has 0 saturated carbocycles. The Hall–Kier alpha value is -4.47. The van der Waals surface area contributed by atoms with Gasteiger partial charge in [-0.05, 0) is 37.3 Å². The monoisotopic (exact) mass is 511 g/mol. The summed E-state index contributed by atoms with van der Waals surface area (Å²) in [6.07, 6.45) is 3.11. The zero-order valence-corrected chi connectivity index (χ0v) is 21.5. The number of methoxy groups -OCH3 is 5. The largest absolute Gasteiger partial charge is 0.493 e. The van der Waals surface area contributed by atoms with Gasteiger partial charge in [-0.3, -0.25) is 0 Å². The Morgan fingerprint density at radius 3 is 1.76 bits per heavy atom. The fourth-order valence-corrected chi connectivity index (χ4v) is 4.05. The lowest BCUT2D eigenvalue weighted by molar-refractivity contribution is -0.137. The lowest BCUT2D eigenvalue weighted by atomic mass is 9.82. The van der Waals surface area contributed by atoms with E-state index in [4.69, 9.17) is 28.4 Å². The van der Waals surface area contributed by atoms with Crippen molar-refractivity contribution in [3.8, 4) is 17.2 Å². The number of esters is 3. The molecule has 1 aliphatic heterocycles. The first-order chi connectivity index (χ1) is 17.8. The highest BCUT2D eigenvalue weighted by atomic mass is 16.5. The van der Waals surface area contributed by atoms with Crippen LogP contribution in [-0.4, -0.2) is 60.1 Å². The maximum absolute atomic E-state index is 13.0. The molecule has 0 saturated heterocycles. The quantitative estimate of drug-likeness (QED) is 0.366. The molecule has 10 heteroatoms. The van der Waals surface area contributed by atoms with E-state index < -0.39 is 23.8 Å². The van der Waals surface area contributed by atoms with E-state index in [1.165, 1.54) is 35.5 Å². The van der Waals surface area contributed by atoms with Gasteiger partial charge in [0.1, 0.15) is 0 Å². The van der Waals surface area contributed by atoms with Gasteiger partial charge in [0.15, 0.2) is 11.5 Å². The fourth-order valence-electron chi connectivity index (χ4n) is 4.05. The summed E-state index contributed by atoms with van der Waals surface area (Å²) in [5.74, 6) is -1.70. The summed E-state index contributed by atoms with van der Waals surface area (Å²) in [6.45, 7) is 1.98. The molecule has 0 fully saturated rings. The Morgan fingerprint density at radius 2 is 1.30 bits per heavy atom. The molecule has 0 spiro atoms. The molecule has 0 N–H and O–H groups in total. The number of carbonyl (C=O) groups excluding carboxylic acids is 3. The SMILES string of the molecule is CCOC(=O)c1ccc(N2C=C(C(=O)OC)C(c3ccc(OC)c(OC)c3OC)C(C(=O)OC)=C2)cc1. The van der Waals surface area contributed by atoms with E-state index in [2.05, 4.69) is 0 Å². The lowest BCUT2D eigenvalue weighted by Crippen LogP contribution is -2.29. The van der Waals surface area contributed by atoms with Crippen LogP contribution in [-0.2, 0) is 23.8 Å². The third-order valence-electron chi connectivity index (χ3n) is 5.74. The molecule has 2 aromatic carbocycles. The van der Waals surface area contributed by atoms with Crippen molar-refractivity contribution < 1.29 is 42.8 Å². The van der Waals surface area contributed by atoms with Gasteiger partial charge in [-0.1, -0.05) is 6.07 Å². The molecule has 3 rings (SSSR count). The third kappa shape index (κ3) is 5.37. The van der Waals surface area contributed by atoms with Crippen LogP contribution in [0.1, 0.15) is 28.8 Å². The van der Waals surface area contributed by atoms with Gasteiger partial charge in [-0.15, -0.1) is 0 Å². The van der Waals surface area contributed by atoms with Crippen molar-refractivity contribution in [1.82, 2.24) is 0 Å². The molecule has 0 unspecified atom stereocenters. The van der Waals surface area contributed by atoms with Crippen molar-refractivity contribution in [1.29, 1.82) is 0 Å². The summed E-state index contributed by atoms with van der Waals surface area (Å²) in [6, 6.07) is 9.85. The number of rotatable bonds is 9. The van der Waals surface area contributed by atoms with Gasteiger partial charge in [-0.25, -0.2) is 14.4 Å². The molecule has 10 nitrogen and oxygen atoms in total. The zero-order valence-electron chi connectivity index (χ0n) is 21.5. The van der Waals surface area contributed by atoms with Crippen LogP contribution in [0.4, 0.5) is 5.69 Å². The Kier molecular flexibility index (Phi) is 8.78. The normalized spacial score (nSPS) is 13.2. The van der Waals surface area contributed by atoms with Crippen LogP contribution in [0.25, 0.3) is 0 Å². The Bertz CT molecular complexity index is 1200. The van der Waals surface area contributed by atoms with E-state index in [0.717, 1.165) is 0 Å². The second-order valence-corrected chi connectivity index (χ2v) is 7.68. The van der Waals surface area contributed by atoms with Crippen molar-refractivity contribution in [2.24, 2.45) is 0 Å². The van der Waals surface area contributed by atoms with Crippen LogP contribution in [0.15, 0.2) is 59.9 Å². The number of anilines is 1. The molecule has 0 aliphatic carbocycles. The number of ether oxygens (including phenoxy) is 6. The van der Waals surface area contributed by atoms with Gasteiger partial charge >= 0.3 is 17.9 Å². The number of nitrogens with zero attached hydrogens (tertiary/aromatic N) is 1. The van der Waals surface area contributed by atoms with Crippen molar-refractivity contribution in [3.63, 3.8) is 0 Å². The van der Waals surface area contributed by atoms with Crippen molar-refractivity contribution >= 4 is 23.6 Å². The van der Waals surface area contributed by atoms with E-state index in [0.29, 0.717) is 28.3 Å². The van der Waals surface area contributed by atoms with Gasteiger partial charge in [0, 0.05) is 23.7 Å². The molecule has 37 heavy (non-hydrogen) atoms. The second-order valence-electron chi connectivity index (χ2n) is 7.68. The van der Waals surface area contributed by atoms with Crippen molar-refractivity contribution in [3.05, 3.63) is 71.1 Å². The number of hydrogen-bond donors (Lipinski definition) is 0. The highest BCUT2D eigenvalue weighted by Crippen LogP contribution is 2.48. The van der Waals surface area contributed by atoms with Gasteiger partial charge in [0.2, 0.25) is 5.75 Å². The maximum Gasteiger partial charge on any atom is 0.338 e. The number of carbonyl (C=O) groups is 3. The minimum absolute atomic E-state index is 0.144. The Balaban J connectivity index is 2.20. The van der Waals surface area contributed by atoms with E-state index >= 15 is 0 Å². The van der Waals surface area contributed by atoms with Crippen molar-refractivity contribution in [2.75, 3.05) is 47.1 Å². The number of hydrogen-bond acceptors (Lipinski definition) is 10. The number of benzene rings is 2. The predicted octanol–water partition coefficient (Wildman–Crippen LogP) is 3.61. The molecule has 0 atom stereocenters. The summed E-state index contributed by atoms with van der Waals surface area (Å²) in [4.78, 5) is 39.7. The Labute approximate surface area is 215 Å². The van der Waals surface area contributed by atoms with Crippen LogP contribution in [0.5, 0.6) is 17.2 Å². The molecule has 0 bridgehead atoms. The third-order valence-corrected chi connectivity index (χ3v) is 5.74. The van der Waals surface area contributed by atoms with Crippen LogP contribution in [0.2, 0.25) is 0 Å². The van der Waals surface area contributed by atoms with E-state index in [9.17, 15) is 14.4 Å². The molecule has 1 aliphatic rings. The summed E-state index contributed by atoms with van der Waals surface area (Å²) in [7, 11) is 6.90. The fraction of sp³-hybridized carbons (Fsp3) is 0.296. The van der Waals surface area contributed by atoms with Crippen LogP contribution in [0.3, 0.4) is 0 Å². The van der Waals surface area contributed by atoms with Gasteiger partial charge in [0.05, 0.1) is 64.8 Å². The molecule has 196 valence electrons. The molecule has 0 radical (unpaired) electrons. The molecule has 2 aromatic rings. The molecule has 0 amide bonds. The van der Waals surface area contributed by atoms with Crippen molar-refractivity contribution in [2.45, 2.75) is 12.8 Å². The standard InChI is InChI=1S/C27H29NO9/c1-7-37-25(29)16-8-10-17(11-9-16)28-14-19(26(30)35-5)22(20(15-28)27(31)36-6)18-12-13-21(32-2)24(34-4)23(18)33-3/h8-15,22H,7H2,1-6H3. The zero-order chi connectivity index (χ0) is 27.1. The topological polar surface area (TPSA) is 110 Å². The van der Waals surface area contributed by atoms with E-state index in [1.807, 2.05) is 0 Å². The average Bonchev–Trinajstić information content (AvgIpc) is 2.94. The Morgan fingerprint density at radius 1 is 0.730 bits per heavy atom. The molecular formula is C27H29NO9. The van der Waals surface area contributed by atoms with E-state index in [1.54, 1.807) is 60.6 Å². The second kappa shape index (κ2) is 12.0. The maximum atomic E-state index is 13.0. The lowest BCUT2D eigenvalue weighted by Gasteiger charge is -2.31. The first-order valence-electron chi connectivity index (χ1n) is 11.3. The summed E-state index contributed by atoms with van der Waals surface area (Å²) in [5, 5.41) is 0. The highest BCUT2D eigenvalue weighted by Gasteiger charge is 2.38. The highest BCUT2D eigenvalue weighted by molar-refractivity contribution is 6.00. The first kappa shape index (κ1) is 27.1. The van der Waals surface area contributed by atoms with Gasteiger partial charge in [-0.2, -0.15) is 0 Å². The summed E-state index contributed by atoms with van der Waals surface area (Å²) >= 11 is 0. The minimum atomic E-state index is -0.912. The van der Waals surface area contributed by atoms with Gasteiger partial charge in [0.25, 0.3) is 0 Å². The van der Waals surface area contributed by atoms with Crippen LogP contribution < -0.4 is 19.1 Å². The molecule has 1 heterocycles.